The van der Waals surface area contributed by atoms with Gasteiger partial charge in [0.15, 0.2) is 0 Å². The molecule has 2 saturated heterocycles. The van der Waals surface area contributed by atoms with Crippen LogP contribution in [0.25, 0.3) is 10.9 Å². The van der Waals surface area contributed by atoms with Crippen molar-refractivity contribution in [2.24, 2.45) is 0 Å². The van der Waals surface area contributed by atoms with Crippen LogP contribution >= 0.6 is 0 Å². The van der Waals surface area contributed by atoms with E-state index < -0.39 is 5.60 Å². The fraction of sp³-hybridized carbons (Fsp3) is 0.579. The third-order valence-electron chi connectivity index (χ3n) is 5.49. The maximum absolute atomic E-state index is 10.9. The molecule has 0 saturated carbocycles. The van der Waals surface area contributed by atoms with E-state index in [0.29, 0.717) is 26.1 Å². The molecular weight excluding hydrogens is 288 g/mol. The van der Waals surface area contributed by atoms with Gasteiger partial charge in [0.2, 0.25) is 0 Å². The lowest BCUT2D eigenvalue weighted by molar-refractivity contribution is -0.0678. The highest BCUT2D eigenvalue weighted by molar-refractivity contribution is 5.81. The van der Waals surface area contributed by atoms with Gasteiger partial charge in [0, 0.05) is 50.9 Å². The standard InChI is InChI=1S/C19H26N2O2/c22-19(6-13-23-14-7-19)17-4-3-16-5-10-21(18(16)15-17)12-11-20-8-1-2-9-20/h3-5,10,15,22H,1-2,6-9,11-14H2. The van der Waals surface area contributed by atoms with Crippen LogP contribution in [0, 0.1) is 0 Å². The Morgan fingerprint density at radius 3 is 2.61 bits per heavy atom. The summed E-state index contributed by atoms with van der Waals surface area (Å²) < 4.78 is 7.74. The number of fused-ring (bicyclic) bond motifs is 1. The van der Waals surface area contributed by atoms with Gasteiger partial charge in [-0.3, -0.25) is 0 Å². The van der Waals surface area contributed by atoms with E-state index in [1.54, 1.807) is 0 Å². The molecule has 0 amide bonds. The molecule has 0 radical (unpaired) electrons. The molecule has 2 aromatic rings. The van der Waals surface area contributed by atoms with Gasteiger partial charge in [0.1, 0.15) is 0 Å². The summed E-state index contributed by atoms with van der Waals surface area (Å²) in [6.45, 7) is 5.91. The molecule has 3 heterocycles. The van der Waals surface area contributed by atoms with E-state index in [4.69, 9.17) is 4.74 Å². The van der Waals surface area contributed by atoms with Gasteiger partial charge >= 0.3 is 0 Å². The zero-order valence-corrected chi connectivity index (χ0v) is 13.7. The Labute approximate surface area is 137 Å². The largest absolute Gasteiger partial charge is 0.385 e. The van der Waals surface area contributed by atoms with Gasteiger partial charge in [0.05, 0.1) is 5.60 Å². The monoisotopic (exact) mass is 314 g/mol. The molecular formula is C19H26N2O2. The first-order chi connectivity index (χ1) is 11.2. The van der Waals surface area contributed by atoms with Crippen LogP contribution in [0.4, 0.5) is 0 Å². The molecule has 1 aromatic heterocycles. The lowest BCUT2D eigenvalue weighted by Gasteiger charge is -2.32. The summed E-state index contributed by atoms with van der Waals surface area (Å²) in [6, 6.07) is 8.59. The first-order valence-corrected chi connectivity index (χ1v) is 8.86. The van der Waals surface area contributed by atoms with Crippen LogP contribution in [-0.2, 0) is 16.9 Å². The second kappa shape index (κ2) is 6.27. The van der Waals surface area contributed by atoms with Gasteiger partial charge in [-0.2, -0.15) is 0 Å². The predicted molar refractivity (Wildman–Crippen MR) is 91.6 cm³/mol. The fourth-order valence-corrected chi connectivity index (χ4v) is 3.92. The first-order valence-electron chi connectivity index (χ1n) is 8.86. The minimum Gasteiger partial charge on any atom is -0.385 e. The first kappa shape index (κ1) is 15.2. The molecule has 4 heteroatoms. The average molecular weight is 314 g/mol. The molecule has 2 fully saturated rings. The Hall–Kier alpha value is -1.36. The summed E-state index contributed by atoms with van der Waals surface area (Å²) in [7, 11) is 0. The van der Waals surface area contributed by atoms with E-state index in [9.17, 15) is 5.11 Å². The summed E-state index contributed by atoms with van der Waals surface area (Å²) in [6.07, 6.45) is 6.23. The minimum absolute atomic E-state index is 0.643. The number of benzene rings is 1. The third-order valence-corrected chi connectivity index (χ3v) is 5.49. The molecule has 4 rings (SSSR count). The molecule has 2 aliphatic rings. The van der Waals surface area contributed by atoms with Crippen molar-refractivity contribution in [1.82, 2.24) is 9.47 Å². The molecule has 0 bridgehead atoms. The van der Waals surface area contributed by atoms with Gasteiger partial charge in [-0.25, -0.2) is 0 Å². The van der Waals surface area contributed by atoms with E-state index in [1.807, 2.05) is 0 Å². The van der Waals surface area contributed by atoms with Gasteiger partial charge in [-0.1, -0.05) is 12.1 Å². The van der Waals surface area contributed by atoms with Gasteiger partial charge in [-0.15, -0.1) is 0 Å². The fourth-order valence-electron chi connectivity index (χ4n) is 3.92. The zero-order valence-electron chi connectivity index (χ0n) is 13.7. The number of ether oxygens (including phenoxy) is 1. The van der Waals surface area contributed by atoms with E-state index in [1.165, 1.54) is 36.8 Å². The van der Waals surface area contributed by atoms with E-state index >= 15 is 0 Å². The number of hydrogen-bond acceptors (Lipinski definition) is 3. The molecule has 1 aromatic carbocycles. The predicted octanol–water partition coefficient (Wildman–Crippen LogP) is 2.74. The Morgan fingerprint density at radius 1 is 1.04 bits per heavy atom. The minimum atomic E-state index is -0.726. The molecule has 0 unspecified atom stereocenters. The van der Waals surface area contributed by atoms with Crippen molar-refractivity contribution in [2.45, 2.75) is 37.8 Å². The molecule has 4 nitrogen and oxygen atoms in total. The van der Waals surface area contributed by atoms with Crippen LogP contribution < -0.4 is 0 Å². The number of nitrogens with zero attached hydrogens (tertiary/aromatic N) is 2. The quantitative estimate of drug-likeness (QED) is 0.943. The van der Waals surface area contributed by atoms with Crippen LogP contribution in [0.15, 0.2) is 30.5 Å². The normalized spacial score (nSPS) is 22.0. The van der Waals surface area contributed by atoms with Crippen LogP contribution in [0.3, 0.4) is 0 Å². The van der Waals surface area contributed by atoms with Crippen LogP contribution in [-0.4, -0.2) is 47.4 Å². The summed E-state index contributed by atoms with van der Waals surface area (Å²) in [5.41, 5.74) is 1.55. The van der Waals surface area contributed by atoms with Crippen LogP contribution in [0.2, 0.25) is 0 Å². The summed E-state index contributed by atoms with van der Waals surface area (Å²) in [5.74, 6) is 0. The second-order valence-corrected chi connectivity index (χ2v) is 6.98. The molecule has 2 aliphatic heterocycles. The van der Waals surface area contributed by atoms with Crippen LogP contribution in [0.1, 0.15) is 31.2 Å². The molecule has 0 spiro atoms. The second-order valence-electron chi connectivity index (χ2n) is 6.98. The molecule has 1 N–H and O–H groups in total. The molecule has 0 aliphatic carbocycles. The summed E-state index contributed by atoms with van der Waals surface area (Å²) in [5, 5.41) is 12.2. The maximum Gasteiger partial charge on any atom is 0.0941 e. The maximum atomic E-state index is 10.9. The van der Waals surface area contributed by atoms with Crippen molar-refractivity contribution >= 4 is 10.9 Å². The highest BCUT2D eigenvalue weighted by Gasteiger charge is 2.32. The summed E-state index contributed by atoms with van der Waals surface area (Å²) >= 11 is 0. The van der Waals surface area contributed by atoms with Crippen molar-refractivity contribution in [1.29, 1.82) is 0 Å². The SMILES string of the molecule is OC1(c2ccc3ccn(CCN4CCCC4)c3c2)CCOCC1. The topological polar surface area (TPSA) is 37.6 Å². The number of aliphatic hydroxyl groups is 1. The van der Waals surface area contributed by atoms with E-state index in [2.05, 4.69) is 39.9 Å². The Morgan fingerprint density at radius 2 is 1.83 bits per heavy atom. The van der Waals surface area contributed by atoms with Crippen molar-refractivity contribution < 1.29 is 9.84 Å². The van der Waals surface area contributed by atoms with Crippen molar-refractivity contribution in [3.05, 3.63) is 36.0 Å². The van der Waals surface area contributed by atoms with Crippen molar-refractivity contribution in [3.8, 4) is 0 Å². The lowest BCUT2D eigenvalue weighted by Crippen LogP contribution is -2.33. The van der Waals surface area contributed by atoms with Gasteiger partial charge in [-0.05, 0) is 49.0 Å². The number of aromatic nitrogens is 1. The molecule has 124 valence electrons. The Bertz CT molecular complexity index is 667. The van der Waals surface area contributed by atoms with E-state index in [0.717, 1.165) is 18.7 Å². The van der Waals surface area contributed by atoms with Crippen molar-refractivity contribution in [3.63, 3.8) is 0 Å². The number of rotatable bonds is 4. The third kappa shape index (κ3) is 3.03. The number of likely N-dealkylation sites (tertiary alicyclic amines) is 1. The smallest absolute Gasteiger partial charge is 0.0941 e. The number of hydrogen-bond donors (Lipinski definition) is 1. The Kier molecular flexibility index (Phi) is 4.14. The van der Waals surface area contributed by atoms with Crippen molar-refractivity contribution in [2.75, 3.05) is 32.8 Å². The average Bonchev–Trinajstić information content (AvgIpc) is 3.22. The van der Waals surface area contributed by atoms with Gasteiger partial charge < -0.3 is 19.3 Å². The Balaban J connectivity index is 1.58. The lowest BCUT2D eigenvalue weighted by atomic mass is 9.86. The zero-order chi connectivity index (χ0) is 15.7. The highest BCUT2D eigenvalue weighted by atomic mass is 16.5. The highest BCUT2D eigenvalue weighted by Crippen LogP contribution is 2.33. The molecule has 0 atom stereocenters. The van der Waals surface area contributed by atoms with Crippen LogP contribution in [0.5, 0.6) is 0 Å². The van der Waals surface area contributed by atoms with Gasteiger partial charge in [0.25, 0.3) is 0 Å². The molecule has 23 heavy (non-hydrogen) atoms. The van der Waals surface area contributed by atoms with E-state index in [-0.39, 0.29) is 0 Å². The summed E-state index contributed by atoms with van der Waals surface area (Å²) in [4.78, 5) is 2.54.